The van der Waals surface area contributed by atoms with Gasteiger partial charge in [0, 0.05) is 50.2 Å². The highest BCUT2D eigenvalue weighted by Gasteiger charge is 2.15. The number of likely N-dealkylation sites (tertiary alicyclic amines) is 1. The summed E-state index contributed by atoms with van der Waals surface area (Å²) in [7, 11) is 0. The lowest BCUT2D eigenvalue weighted by Crippen LogP contribution is -2.35. The van der Waals surface area contributed by atoms with Gasteiger partial charge in [0.15, 0.2) is 17.5 Å². The van der Waals surface area contributed by atoms with Crippen LogP contribution < -0.4 is 20.1 Å². The average Bonchev–Trinajstić information content (AvgIpc) is 3.21. The number of fused-ring (bicyclic) bond motifs is 1. The summed E-state index contributed by atoms with van der Waals surface area (Å²) in [5.41, 5.74) is 0.938. The van der Waals surface area contributed by atoms with E-state index in [1.165, 1.54) is 25.9 Å². The summed E-state index contributed by atoms with van der Waals surface area (Å²) in [5, 5.41) is 6.89. The van der Waals surface area contributed by atoms with E-state index in [9.17, 15) is 0 Å². The highest BCUT2D eigenvalue weighted by molar-refractivity contribution is 14.0. The van der Waals surface area contributed by atoms with Gasteiger partial charge < -0.3 is 29.6 Å². The van der Waals surface area contributed by atoms with Crippen LogP contribution in [0, 0.1) is 5.92 Å². The number of guanidine groups is 1. The minimum atomic E-state index is 0. The van der Waals surface area contributed by atoms with Crippen molar-refractivity contribution in [3.63, 3.8) is 0 Å². The van der Waals surface area contributed by atoms with Crippen LogP contribution in [0.15, 0.2) is 41.9 Å². The third-order valence-corrected chi connectivity index (χ3v) is 6.01. The molecule has 0 unspecified atom stereocenters. The van der Waals surface area contributed by atoms with Crippen LogP contribution in [0.5, 0.6) is 11.5 Å². The van der Waals surface area contributed by atoms with Crippen LogP contribution >= 0.6 is 24.0 Å². The van der Waals surface area contributed by atoms with E-state index in [0.717, 1.165) is 68.1 Å². The zero-order chi connectivity index (χ0) is 22.0. The van der Waals surface area contributed by atoms with Crippen LogP contribution in [0.25, 0.3) is 0 Å². The van der Waals surface area contributed by atoms with E-state index >= 15 is 0 Å². The van der Waals surface area contributed by atoms with Crippen LogP contribution in [0.1, 0.15) is 32.6 Å². The lowest BCUT2D eigenvalue weighted by molar-refractivity contribution is 0.192. The van der Waals surface area contributed by atoms with Gasteiger partial charge in [0.2, 0.25) is 0 Å². The number of aromatic nitrogens is 2. The first-order valence-corrected chi connectivity index (χ1v) is 11.9. The fourth-order valence-electron chi connectivity index (χ4n) is 4.01. The molecule has 2 N–H and O–H groups in total. The van der Waals surface area contributed by atoms with E-state index < -0.39 is 0 Å². The van der Waals surface area contributed by atoms with Crippen molar-refractivity contribution in [2.24, 2.45) is 10.9 Å². The second-order valence-electron chi connectivity index (χ2n) is 8.67. The van der Waals surface area contributed by atoms with E-state index in [2.05, 4.69) is 32.0 Å². The molecule has 1 aromatic heterocycles. The third-order valence-electron chi connectivity index (χ3n) is 6.01. The zero-order valence-electron chi connectivity index (χ0n) is 19.5. The average molecular weight is 569 g/mol. The Morgan fingerprint density at radius 1 is 1.15 bits per heavy atom. The van der Waals surface area contributed by atoms with Crippen molar-refractivity contribution in [1.29, 1.82) is 0 Å². The van der Waals surface area contributed by atoms with Crippen molar-refractivity contribution in [2.75, 3.05) is 51.3 Å². The van der Waals surface area contributed by atoms with E-state index in [1.54, 1.807) is 6.20 Å². The fraction of sp³-hybridized carbons (Fsp3) is 0.583. The molecule has 0 atom stereocenters. The Hall–Kier alpha value is -2.01. The third kappa shape index (κ3) is 8.37. The van der Waals surface area contributed by atoms with Crippen LogP contribution in [-0.4, -0.2) is 66.3 Å². The van der Waals surface area contributed by atoms with Gasteiger partial charge in [0.25, 0.3) is 0 Å². The number of ether oxygens (including phenoxy) is 2. The Morgan fingerprint density at radius 2 is 1.97 bits per heavy atom. The molecule has 3 heterocycles. The van der Waals surface area contributed by atoms with Crippen molar-refractivity contribution in [2.45, 2.75) is 39.2 Å². The fourth-order valence-corrected chi connectivity index (χ4v) is 4.01. The first-order valence-electron chi connectivity index (χ1n) is 11.9. The van der Waals surface area contributed by atoms with Gasteiger partial charge in [0.05, 0.1) is 19.5 Å². The summed E-state index contributed by atoms with van der Waals surface area (Å²) in [6, 6.07) is 5.96. The number of aliphatic imine (C=N–C) groups is 1. The topological polar surface area (TPSA) is 75.9 Å². The molecule has 8 nitrogen and oxygen atoms in total. The highest BCUT2D eigenvalue weighted by Crippen LogP contribution is 2.32. The number of imidazole rings is 1. The summed E-state index contributed by atoms with van der Waals surface area (Å²) in [6.07, 6.45) is 10.2. The predicted octanol–water partition coefficient (Wildman–Crippen LogP) is 3.84. The van der Waals surface area contributed by atoms with E-state index in [0.29, 0.717) is 13.2 Å². The first-order chi connectivity index (χ1) is 15.8. The number of halogens is 1. The first kappa shape index (κ1) is 25.6. The molecular formula is C24H37IN6O2. The van der Waals surface area contributed by atoms with Gasteiger partial charge in [0.1, 0.15) is 0 Å². The molecule has 1 saturated heterocycles. The zero-order valence-corrected chi connectivity index (χ0v) is 21.9. The summed E-state index contributed by atoms with van der Waals surface area (Å²) < 4.78 is 13.6. The van der Waals surface area contributed by atoms with Crippen molar-refractivity contribution in [3.8, 4) is 11.5 Å². The molecule has 182 valence electrons. The lowest BCUT2D eigenvalue weighted by Gasteiger charge is -2.29. The standard InChI is InChI=1S/C24H36N6O2.HI/c1-20-6-12-29(13-7-20)11-2-8-26-24(27-10-15-30-14-9-25-19-30)28-21-4-5-22-23(18-21)32-17-3-16-31-22;/h4-5,9,14,18-20H,2-3,6-8,10-13,15-17H2,1H3,(H2,26,27,28);1H. The SMILES string of the molecule is CC1CCN(CCCN=C(NCCn2ccnc2)Nc2ccc3c(c2)OCCCO3)CC1.I. The maximum Gasteiger partial charge on any atom is 0.195 e. The summed E-state index contributed by atoms with van der Waals surface area (Å²) in [4.78, 5) is 11.5. The van der Waals surface area contributed by atoms with Crippen LogP contribution in [0.2, 0.25) is 0 Å². The summed E-state index contributed by atoms with van der Waals surface area (Å²) in [6.45, 7) is 9.65. The van der Waals surface area contributed by atoms with Crippen molar-refractivity contribution >= 4 is 35.6 Å². The van der Waals surface area contributed by atoms with Gasteiger partial charge in [-0.15, -0.1) is 24.0 Å². The van der Waals surface area contributed by atoms with Crippen LogP contribution in [0.4, 0.5) is 5.69 Å². The second-order valence-corrected chi connectivity index (χ2v) is 8.67. The van der Waals surface area contributed by atoms with E-state index in [4.69, 9.17) is 14.5 Å². The molecule has 1 aromatic carbocycles. The molecule has 2 aromatic rings. The van der Waals surface area contributed by atoms with E-state index in [-0.39, 0.29) is 24.0 Å². The largest absolute Gasteiger partial charge is 0.490 e. The van der Waals surface area contributed by atoms with Gasteiger partial charge in [-0.2, -0.15) is 0 Å². The Bertz CT molecular complexity index is 853. The summed E-state index contributed by atoms with van der Waals surface area (Å²) in [5.74, 6) is 3.24. The Kier molecular flexibility index (Phi) is 10.6. The van der Waals surface area contributed by atoms with Crippen molar-refractivity contribution in [3.05, 3.63) is 36.9 Å². The van der Waals surface area contributed by atoms with Crippen LogP contribution in [-0.2, 0) is 6.54 Å². The Labute approximate surface area is 214 Å². The molecule has 4 rings (SSSR count). The normalized spacial score (nSPS) is 17.2. The number of rotatable bonds is 8. The number of hydrogen-bond acceptors (Lipinski definition) is 5. The number of benzene rings is 1. The lowest BCUT2D eigenvalue weighted by atomic mass is 9.99. The molecule has 0 aliphatic carbocycles. The van der Waals surface area contributed by atoms with Crippen LogP contribution in [0.3, 0.4) is 0 Å². The van der Waals surface area contributed by atoms with Gasteiger partial charge in [-0.25, -0.2) is 4.98 Å². The molecule has 0 spiro atoms. The monoisotopic (exact) mass is 568 g/mol. The summed E-state index contributed by atoms with van der Waals surface area (Å²) >= 11 is 0. The predicted molar refractivity (Wildman–Crippen MR) is 143 cm³/mol. The maximum atomic E-state index is 5.83. The Balaban J connectivity index is 0.00000306. The maximum absolute atomic E-state index is 5.83. The number of nitrogens with one attached hydrogen (secondary N) is 2. The molecule has 2 aliphatic rings. The van der Waals surface area contributed by atoms with Crippen molar-refractivity contribution in [1.82, 2.24) is 19.8 Å². The molecule has 0 bridgehead atoms. The minimum Gasteiger partial charge on any atom is -0.490 e. The molecular weight excluding hydrogens is 531 g/mol. The van der Waals surface area contributed by atoms with Gasteiger partial charge >= 0.3 is 0 Å². The van der Waals surface area contributed by atoms with Gasteiger partial charge in [-0.3, -0.25) is 4.99 Å². The smallest absolute Gasteiger partial charge is 0.195 e. The van der Waals surface area contributed by atoms with Crippen molar-refractivity contribution < 1.29 is 9.47 Å². The Morgan fingerprint density at radius 3 is 2.76 bits per heavy atom. The number of piperidine rings is 1. The second kappa shape index (κ2) is 13.6. The molecule has 0 amide bonds. The molecule has 2 aliphatic heterocycles. The number of hydrogen-bond donors (Lipinski definition) is 2. The molecule has 33 heavy (non-hydrogen) atoms. The number of anilines is 1. The van der Waals surface area contributed by atoms with Gasteiger partial charge in [-0.1, -0.05) is 6.92 Å². The van der Waals surface area contributed by atoms with Gasteiger partial charge in [-0.05, 0) is 56.9 Å². The highest BCUT2D eigenvalue weighted by atomic mass is 127. The minimum absolute atomic E-state index is 0. The molecule has 0 radical (unpaired) electrons. The molecule has 1 fully saturated rings. The molecule has 9 heteroatoms. The quantitative estimate of drug-likeness (QED) is 0.218. The number of nitrogens with zero attached hydrogens (tertiary/aromatic N) is 4. The molecule has 0 saturated carbocycles. The van der Waals surface area contributed by atoms with E-state index in [1.807, 2.05) is 30.7 Å².